The highest BCUT2D eigenvalue weighted by Gasteiger charge is 2.29. The summed E-state index contributed by atoms with van der Waals surface area (Å²) in [5, 5.41) is 2.68. The highest BCUT2D eigenvalue weighted by atomic mass is 19.1. The number of nitrogens with two attached hydrogens (primary N) is 1. The first-order valence-electron chi connectivity index (χ1n) is 12.4. The van der Waals surface area contributed by atoms with Gasteiger partial charge in [0.05, 0.1) is 14.2 Å². The molecule has 0 saturated heterocycles. The third-order valence-corrected chi connectivity index (χ3v) is 6.74. The number of rotatable bonds is 8. The number of ether oxygens (including phenoxy) is 2. The number of carbonyl (C=O) groups is 2. The molecule has 4 rings (SSSR count). The quantitative estimate of drug-likeness (QED) is 0.426. The van der Waals surface area contributed by atoms with E-state index in [1.54, 1.807) is 36.4 Å². The van der Waals surface area contributed by atoms with E-state index in [0.717, 1.165) is 43.4 Å². The summed E-state index contributed by atoms with van der Waals surface area (Å²) in [6.45, 7) is 0.297. The maximum atomic E-state index is 13.8. The van der Waals surface area contributed by atoms with Gasteiger partial charge in [0.1, 0.15) is 11.6 Å². The molecular weight excluding hydrogens is 492 g/mol. The minimum Gasteiger partial charge on any atom is -0.493 e. The molecule has 0 bridgehead atoms. The molecular formula is C29H31F2N3O4. The van der Waals surface area contributed by atoms with Crippen molar-refractivity contribution in [3.8, 4) is 11.5 Å². The summed E-state index contributed by atoms with van der Waals surface area (Å²) >= 11 is 0. The second-order valence-electron chi connectivity index (χ2n) is 9.38. The second kappa shape index (κ2) is 12.0. The maximum absolute atomic E-state index is 13.8. The van der Waals surface area contributed by atoms with E-state index in [1.165, 1.54) is 14.2 Å². The van der Waals surface area contributed by atoms with Gasteiger partial charge in [0.15, 0.2) is 11.5 Å². The number of methoxy groups -OCH3 is 2. The van der Waals surface area contributed by atoms with Crippen molar-refractivity contribution in [2.45, 2.75) is 44.3 Å². The number of nitrogens with one attached hydrogen (secondary N) is 1. The Hall–Kier alpha value is -3.98. The minimum atomic E-state index is -0.833. The smallest absolute Gasteiger partial charge is 0.255 e. The fourth-order valence-electron chi connectivity index (χ4n) is 4.75. The lowest BCUT2D eigenvalue weighted by Gasteiger charge is -2.36. The number of halogens is 2. The normalized spacial score (nSPS) is 17.0. The molecule has 0 heterocycles. The lowest BCUT2D eigenvalue weighted by Crippen LogP contribution is -2.43. The number of amides is 2. The van der Waals surface area contributed by atoms with Crippen LogP contribution in [0.5, 0.6) is 11.5 Å². The van der Waals surface area contributed by atoms with Crippen LogP contribution in [0.4, 0.5) is 14.5 Å². The Morgan fingerprint density at radius 3 is 2.24 bits per heavy atom. The van der Waals surface area contributed by atoms with Crippen LogP contribution in [0.1, 0.15) is 52.0 Å². The number of anilines is 1. The average molecular weight is 524 g/mol. The summed E-state index contributed by atoms with van der Waals surface area (Å²) in [5.41, 5.74) is 7.69. The second-order valence-corrected chi connectivity index (χ2v) is 9.38. The summed E-state index contributed by atoms with van der Waals surface area (Å²) in [4.78, 5) is 28.2. The molecule has 1 fully saturated rings. The van der Waals surface area contributed by atoms with Crippen molar-refractivity contribution in [3.05, 3.63) is 89.0 Å². The van der Waals surface area contributed by atoms with Crippen LogP contribution in [0.15, 0.2) is 60.7 Å². The summed E-state index contributed by atoms with van der Waals surface area (Å²) in [5.74, 6) is -1.47. The number of hydrogen-bond donors (Lipinski definition) is 2. The molecule has 3 aromatic rings. The minimum absolute atomic E-state index is 0.0103. The van der Waals surface area contributed by atoms with Crippen LogP contribution in [0.2, 0.25) is 0 Å². The molecule has 0 atom stereocenters. The van der Waals surface area contributed by atoms with Crippen molar-refractivity contribution in [1.29, 1.82) is 0 Å². The zero-order chi connectivity index (χ0) is 27.2. The first kappa shape index (κ1) is 27.1. The molecule has 7 nitrogen and oxygen atoms in total. The lowest BCUT2D eigenvalue weighted by molar-refractivity contribution is 0.0606. The monoisotopic (exact) mass is 523 g/mol. The summed E-state index contributed by atoms with van der Waals surface area (Å²) in [6.07, 6.45) is 3.20. The van der Waals surface area contributed by atoms with Crippen molar-refractivity contribution < 1.29 is 27.8 Å². The van der Waals surface area contributed by atoms with E-state index in [4.69, 9.17) is 15.2 Å². The Bertz CT molecular complexity index is 1290. The summed E-state index contributed by atoms with van der Waals surface area (Å²) < 4.78 is 37.8. The number of benzene rings is 3. The molecule has 1 aliphatic carbocycles. The molecule has 9 heteroatoms. The number of carbonyl (C=O) groups excluding carboxylic acids is 2. The molecule has 1 saturated carbocycles. The van der Waals surface area contributed by atoms with Gasteiger partial charge in [0, 0.05) is 41.5 Å². The molecule has 0 aliphatic heterocycles. The van der Waals surface area contributed by atoms with Gasteiger partial charge in [-0.3, -0.25) is 9.59 Å². The fraction of sp³-hybridized carbons (Fsp3) is 0.310. The van der Waals surface area contributed by atoms with Crippen molar-refractivity contribution in [3.63, 3.8) is 0 Å². The Morgan fingerprint density at radius 1 is 0.895 bits per heavy atom. The van der Waals surface area contributed by atoms with Gasteiger partial charge < -0.3 is 25.4 Å². The first-order chi connectivity index (χ1) is 18.3. The Balaban J connectivity index is 1.58. The molecule has 3 aromatic carbocycles. The van der Waals surface area contributed by atoms with Gasteiger partial charge in [0.25, 0.3) is 11.8 Å². The van der Waals surface area contributed by atoms with Crippen LogP contribution in [-0.2, 0) is 6.54 Å². The highest BCUT2D eigenvalue weighted by molar-refractivity contribution is 6.04. The SMILES string of the molecule is COc1ccc(C(=O)N(Cc2cccc(NC(=O)c3cc(F)cc(F)c3)c2)C2CCC(N)CC2)cc1OC. The van der Waals surface area contributed by atoms with Gasteiger partial charge in [-0.15, -0.1) is 0 Å². The molecule has 0 radical (unpaired) electrons. The van der Waals surface area contributed by atoms with Gasteiger partial charge in [0.2, 0.25) is 0 Å². The molecule has 200 valence electrons. The fourth-order valence-corrected chi connectivity index (χ4v) is 4.75. The largest absolute Gasteiger partial charge is 0.493 e. The first-order valence-corrected chi connectivity index (χ1v) is 12.4. The number of hydrogen-bond acceptors (Lipinski definition) is 5. The molecule has 0 spiro atoms. The van der Waals surface area contributed by atoms with E-state index >= 15 is 0 Å². The molecule has 0 unspecified atom stereocenters. The molecule has 38 heavy (non-hydrogen) atoms. The third kappa shape index (κ3) is 6.47. The van der Waals surface area contributed by atoms with Crippen LogP contribution in [0.3, 0.4) is 0 Å². The van der Waals surface area contributed by atoms with Gasteiger partial charge in [-0.2, -0.15) is 0 Å². The Labute approximate surface area is 220 Å². The van der Waals surface area contributed by atoms with E-state index < -0.39 is 17.5 Å². The molecule has 0 aromatic heterocycles. The van der Waals surface area contributed by atoms with Crippen molar-refractivity contribution in [1.82, 2.24) is 4.90 Å². The van der Waals surface area contributed by atoms with E-state index in [1.807, 2.05) is 11.0 Å². The predicted molar refractivity (Wildman–Crippen MR) is 140 cm³/mol. The summed E-state index contributed by atoms with van der Waals surface area (Å²) in [6, 6.07) is 14.9. The van der Waals surface area contributed by atoms with E-state index in [-0.39, 0.29) is 23.6 Å². The zero-order valence-corrected chi connectivity index (χ0v) is 21.4. The van der Waals surface area contributed by atoms with Crippen LogP contribution >= 0.6 is 0 Å². The van der Waals surface area contributed by atoms with Gasteiger partial charge in [-0.1, -0.05) is 12.1 Å². The standard InChI is InChI=1S/C29H31F2N3O4/c1-37-26-11-6-19(15-27(26)38-2)29(36)34(25-9-7-23(32)8-10-25)17-18-4-3-5-24(12-18)33-28(35)20-13-21(30)16-22(31)14-20/h3-6,11-16,23,25H,7-10,17,32H2,1-2H3,(H,33,35). The van der Waals surface area contributed by atoms with Crippen molar-refractivity contribution in [2.24, 2.45) is 5.73 Å². The topological polar surface area (TPSA) is 93.9 Å². The molecule has 3 N–H and O–H groups in total. The van der Waals surface area contributed by atoms with Gasteiger partial charge in [-0.25, -0.2) is 8.78 Å². The van der Waals surface area contributed by atoms with Crippen molar-refractivity contribution in [2.75, 3.05) is 19.5 Å². The van der Waals surface area contributed by atoms with Crippen LogP contribution in [0, 0.1) is 11.6 Å². The average Bonchev–Trinajstić information content (AvgIpc) is 2.91. The predicted octanol–water partition coefficient (Wildman–Crippen LogP) is 5.15. The van der Waals surface area contributed by atoms with E-state index in [9.17, 15) is 18.4 Å². The summed E-state index contributed by atoms with van der Waals surface area (Å²) in [7, 11) is 3.05. The van der Waals surface area contributed by atoms with Crippen molar-refractivity contribution >= 4 is 17.5 Å². The molecule has 2 amide bonds. The van der Waals surface area contributed by atoms with Gasteiger partial charge in [-0.05, 0) is 73.7 Å². The van der Waals surface area contributed by atoms with E-state index in [0.29, 0.717) is 35.4 Å². The van der Waals surface area contributed by atoms with E-state index in [2.05, 4.69) is 5.32 Å². The van der Waals surface area contributed by atoms with Crippen LogP contribution < -0.4 is 20.5 Å². The number of nitrogens with zero attached hydrogens (tertiary/aromatic N) is 1. The molecule has 1 aliphatic rings. The zero-order valence-electron chi connectivity index (χ0n) is 21.4. The Morgan fingerprint density at radius 2 is 1.58 bits per heavy atom. The maximum Gasteiger partial charge on any atom is 0.255 e. The Kier molecular flexibility index (Phi) is 8.58. The van der Waals surface area contributed by atoms with Gasteiger partial charge >= 0.3 is 0 Å². The van der Waals surface area contributed by atoms with Crippen LogP contribution in [-0.4, -0.2) is 43.0 Å². The van der Waals surface area contributed by atoms with Crippen LogP contribution in [0.25, 0.3) is 0 Å². The lowest BCUT2D eigenvalue weighted by atomic mass is 9.90. The highest BCUT2D eigenvalue weighted by Crippen LogP contribution is 2.31. The third-order valence-electron chi connectivity index (χ3n) is 6.74.